The molecular weight excluding hydrogens is 470 g/mol. The number of fused-ring (bicyclic) bond motifs is 2. The predicted molar refractivity (Wildman–Crippen MR) is 145 cm³/mol. The Hall–Kier alpha value is -2.40. The van der Waals surface area contributed by atoms with E-state index in [1.807, 2.05) is 24.3 Å². The second-order valence-corrected chi connectivity index (χ2v) is 11.4. The molecule has 1 aromatic carbocycles. The number of nitrogens with two attached hydrogens (primary N) is 1. The smallest absolute Gasteiger partial charge is 0.224 e. The fraction of sp³-hybridized carbons (Fsp3) is 0.607. The van der Waals surface area contributed by atoms with Crippen LogP contribution in [0.2, 0.25) is 5.02 Å². The first-order chi connectivity index (χ1) is 17.6. The Bertz CT molecular complexity index is 1050. The minimum Gasteiger partial charge on any atom is -0.369 e. The van der Waals surface area contributed by atoms with Gasteiger partial charge in [-0.3, -0.25) is 0 Å². The van der Waals surface area contributed by atoms with Gasteiger partial charge in [0.15, 0.2) is 0 Å². The lowest BCUT2D eigenvalue weighted by Gasteiger charge is -2.48. The van der Waals surface area contributed by atoms with E-state index in [4.69, 9.17) is 17.3 Å². The van der Waals surface area contributed by atoms with Crippen LogP contribution < -0.4 is 21.7 Å². The van der Waals surface area contributed by atoms with Crippen LogP contribution in [0.3, 0.4) is 0 Å². The first-order valence-corrected chi connectivity index (χ1v) is 14.0. The van der Waals surface area contributed by atoms with Crippen molar-refractivity contribution in [3.63, 3.8) is 0 Å². The monoisotopic (exact) mass is 507 g/mol. The molecule has 3 aliphatic rings. The highest BCUT2D eigenvalue weighted by molar-refractivity contribution is 6.31. The van der Waals surface area contributed by atoms with Gasteiger partial charge < -0.3 is 21.7 Å². The normalized spacial score (nSPS) is 29.8. The fourth-order valence-corrected chi connectivity index (χ4v) is 6.81. The standard InChI is InChI=1S/C28H38ClN7/c29-25-7-2-1-4-21(25)16-33-28-34-17-22(14-30)27(36-28)32-15-18-12-19-5-3-6-20(13-18)26(19)35-24-10-8-23(31)9-11-24/h1-2,4,7,17-20,23-24,26,35H,3,5-6,8-13,15-16,31H2,(H2,32,33,34,36)/t18?,19-,20+,23?,24?,26?. The molecule has 7 nitrogen and oxygen atoms in total. The maximum Gasteiger partial charge on any atom is 0.224 e. The minimum atomic E-state index is 0.399. The van der Waals surface area contributed by atoms with Crippen LogP contribution in [-0.4, -0.2) is 34.6 Å². The Morgan fingerprint density at radius 2 is 1.78 bits per heavy atom. The van der Waals surface area contributed by atoms with Crippen LogP contribution in [0.4, 0.5) is 11.8 Å². The van der Waals surface area contributed by atoms with Gasteiger partial charge in [-0.25, -0.2) is 4.98 Å². The van der Waals surface area contributed by atoms with Crippen molar-refractivity contribution in [3.05, 3.63) is 46.6 Å². The molecule has 1 aromatic heterocycles. The first kappa shape index (κ1) is 25.3. The lowest BCUT2D eigenvalue weighted by atomic mass is 9.64. The summed E-state index contributed by atoms with van der Waals surface area (Å²) in [6, 6.07) is 11.6. The van der Waals surface area contributed by atoms with Crippen LogP contribution in [0.25, 0.3) is 0 Å². The lowest BCUT2D eigenvalue weighted by Crippen LogP contribution is -2.54. The number of hydrogen-bond acceptors (Lipinski definition) is 7. The lowest BCUT2D eigenvalue weighted by molar-refractivity contribution is 0.0750. The molecule has 2 unspecified atom stereocenters. The third-order valence-electron chi connectivity index (χ3n) is 8.50. The van der Waals surface area contributed by atoms with E-state index in [2.05, 4.69) is 32.0 Å². The van der Waals surface area contributed by atoms with Gasteiger partial charge in [0.05, 0.1) is 6.20 Å². The summed E-state index contributed by atoms with van der Waals surface area (Å²) in [7, 11) is 0. The van der Waals surface area contributed by atoms with Gasteiger partial charge in [-0.1, -0.05) is 36.2 Å². The molecule has 0 spiro atoms. The summed E-state index contributed by atoms with van der Waals surface area (Å²) in [4.78, 5) is 8.94. The molecule has 1 heterocycles. The van der Waals surface area contributed by atoms with Gasteiger partial charge in [-0.2, -0.15) is 10.2 Å². The van der Waals surface area contributed by atoms with Gasteiger partial charge >= 0.3 is 0 Å². The molecule has 5 rings (SSSR count). The van der Waals surface area contributed by atoms with Crippen LogP contribution in [0.1, 0.15) is 68.9 Å². The minimum absolute atomic E-state index is 0.399. The maximum atomic E-state index is 9.60. The Morgan fingerprint density at radius 1 is 1.03 bits per heavy atom. The second kappa shape index (κ2) is 11.8. The maximum absolute atomic E-state index is 9.60. The number of nitriles is 1. The van der Waals surface area contributed by atoms with E-state index in [0.717, 1.165) is 36.8 Å². The number of nitrogens with one attached hydrogen (secondary N) is 3. The van der Waals surface area contributed by atoms with Crippen LogP contribution in [0.5, 0.6) is 0 Å². The summed E-state index contributed by atoms with van der Waals surface area (Å²) in [5.74, 6) is 3.19. The fourth-order valence-electron chi connectivity index (χ4n) is 6.61. The molecule has 192 valence electrons. The molecule has 2 bridgehead atoms. The molecule has 3 fully saturated rings. The van der Waals surface area contributed by atoms with E-state index in [0.29, 0.717) is 52.9 Å². The zero-order chi connectivity index (χ0) is 24.9. The molecule has 5 N–H and O–H groups in total. The van der Waals surface area contributed by atoms with Crippen molar-refractivity contribution in [2.24, 2.45) is 23.5 Å². The van der Waals surface area contributed by atoms with Crippen LogP contribution >= 0.6 is 11.6 Å². The molecule has 3 saturated carbocycles. The molecule has 8 heteroatoms. The third-order valence-corrected chi connectivity index (χ3v) is 8.87. The summed E-state index contributed by atoms with van der Waals surface area (Å²) in [6.07, 6.45) is 12.8. The van der Waals surface area contributed by atoms with Gasteiger partial charge in [0.1, 0.15) is 17.5 Å². The van der Waals surface area contributed by atoms with E-state index >= 15 is 0 Å². The molecular formula is C28H38ClN7. The van der Waals surface area contributed by atoms with Gasteiger partial charge in [0, 0.05) is 36.2 Å². The molecule has 0 saturated heterocycles. The average molecular weight is 508 g/mol. The van der Waals surface area contributed by atoms with E-state index < -0.39 is 0 Å². The van der Waals surface area contributed by atoms with Crippen molar-refractivity contribution in [1.82, 2.24) is 15.3 Å². The third kappa shape index (κ3) is 6.11. The van der Waals surface area contributed by atoms with Crippen LogP contribution in [0.15, 0.2) is 30.5 Å². The van der Waals surface area contributed by atoms with Gasteiger partial charge in [0.25, 0.3) is 0 Å². The van der Waals surface area contributed by atoms with Crippen molar-refractivity contribution in [3.8, 4) is 6.07 Å². The Balaban J connectivity index is 1.18. The summed E-state index contributed by atoms with van der Waals surface area (Å²) in [5.41, 5.74) is 7.59. The number of aromatic nitrogens is 2. The SMILES string of the molecule is N#Cc1cnc(NCc2ccccc2Cl)nc1NCC1C[C@H]2CCC[C@@H](C1)C2NC1CCC(N)CC1. The highest BCUT2D eigenvalue weighted by Crippen LogP contribution is 2.43. The molecule has 0 aliphatic heterocycles. The zero-order valence-electron chi connectivity index (χ0n) is 20.9. The van der Waals surface area contributed by atoms with Crippen molar-refractivity contribution >= 4 is 23.4 Å². The van der Waals surface area contributed by atoms with Gasteiger partial charge in [0.2, 0.25) is 5.95 Å². The molecule has 36 heavy (non-hydrogen) atoms. The largest absolute Gasteiger partial charge is 0.369 e. The Morgan fingerprint density at radius 3 is 2.50 bits per heavy atom. The molecule has 2 aromatic rings. The summed E-state index contributed by atoms with van der Waals surface area (Å²) < 4.78 is 0. The van der Waals surface area contributed by atoms with E-state index in [1.54, 1.807) is 6.20 Å². The average Bonchev–Trinajstić information content (AvgIpc) is 2.88. The number of halogens is 1. The number of rotatable bonds is 8. The number of nitrogens with zero attached hydrogens (tertiary/aromatic N) is 3. The second-order valence-electron chi connectivity index (χ2n) is 11.0. The molecule has 3 aliphatic carbocycles. The quantitative estimate of drug-likeness (QED) is 0.394. The number of anilines is 2. The number of benzene rings is 1. The van der Waals surface area contributed by atoms with E-state index in [9.17, 15) is 5.26 Å². The molecule has 4 atom stereocenters. The Kier molecular flexibility index (Phi) is 8.25. The highest BCUT2D eigenvalue weighted by Gasteiger charge is 2.41. The van der Waals surface area contributed by atoms with Crippen molar-refractivity contribution in [2.75, 3.05) is 17.2 Å². The summed E-state index contributed by atoms with van der Waals surface area (Å²) >= 11 is 6.27. The topological polar surface area (TPSA) is 112 Å². The highest BCUT2D eigenvalue weighted by atomic mass is 35.5. The van der Waals surface area contributed by atoms with Crippen LogP contribution in [-0.2, 0) is 6.54 Å². The van der Waals surface area contributed by atoms with Gasteiger partial charge in [-0.05, 0) is 80.8 Å². The molecule has 0 radical (unpaired) electrons. The summed E-state index contributed by atoms with van der Waals surface area (Å²) in [6.45, 7) is 1.37. The van der Waals surface area contributed by atoms with Crippen molar-refractivity contribution in [1.29, 1.82) is 5.26 Å². The van der Waals surface area contributed by atoms with E-state index in [-0.39, 0.29) is 0 Å². The number of hydrogen-bond donors (Lipinski definition) is 4. The Labute approximate surface area is 219 Å². The zero-order valence-corrected chi connectivity index (χ0v) is 21.7. The van der Waals surface area contributed by atoms with Crippen molar-refractivity contribution in [2.45, 2.75) is 82.5 Å². The first-order valence-electron chi connectivity index (χ1n) is 13.6. The van der Waals surface area contributed by atoms with Crippen molar-refractivity contribution < 1.29 is 0 Å². The summed E-state index contributed by atoms with van der Waals surface area (Å²) in [5, 5.41) is 21.1. The van der Waals surface area contributed by atoms with Crippen LogP contribution in [0, 0.1) is 29.1 Å². The molecule has 0 amide bonds. The van der Waals surface area contributed by atoms with E-state index in [1.165, 1.54) is 44.9 Å². The van der Waals surface area contributed by atoms with Gasteiger partial charge in [-0.15, -0.1) is 0 Å². The predicted octanol–water partition coefficient (Wildman–Crippen LogP) is 5.08.